The summed E-state index contributed by atoms with van der Waals surface area (Å²) in [5, 5.41) is 12.7. The summed E-state index contributed by atoms with van der Waals surface area (Å²) in [6.45, 7) is 2.83. The first-order chi connectivity index (χ1) is 11.8. The summed E-state index contributed by atoms with van der Waals surface area (Å²) < 4.78 is 3.80. The number of para-hydroxylation sites is 1. The van der Waals surface area contributed by atoms with E-state index in [0.29, 0.717) is 6.54 Å². The minimum atomic E-state index is 0.153. The van der Waals surface area contributed by atoms with Gasteiger partial charge in [0.05, 0.1) is 22.6 Å². The Labute approximate surface area is 140 Å². The van der Waals surface area contributed by atoms with Crippen molar-refractivity contribution in [3.63, 3.8) is 0 Å². The molecule has 0 aliphatic rings. The SMILES string of the molecule is CC(NCc1cc2ccccn2n1)c1ccn(-c2ccccc2)n1. The zero-order chi connectivity index (χ0) is 16.4. The molecule has 0 radical (unpaired) electrons. The second-order valence-electron chi connectivity index (χ2n) is 5.83. The van der Waals surface area contributed by atoms with E-state index in [4.69, 9.17) is 0 Å². The number of fused-ring (bicyclic) bond motifs is 1. The van der Waals surface area contributed by atoms with Gasteiger partial charge in [-0.25, -0.2) is 9.20 Å². The summed E-state index contributed by atoms with van der Waals surface area (Å²) in [5.41, 5.74) is 4.21. The van der Waals surface area contributed by atoms with Crippen LogP contribution in [-0.2, 0) is 6.54 Å². The molecule has 0 saturated heterocycles. The first kappa shape index (κ1) is 14.7. The molecule has 0 spiro atoms. The van der Waals surface area contributed by atoms with Crippen molar-refractivity contribution >= 4 is 5.52 Å². The van der Waals surface area contributed by atoms with E-state index < -0.39 is 0 Å². The molecule has 1 N–H and O–H groups in total. The Bertz CT molecular complexity index is 905. The number of nitrogens with zero attached hydrogens (tertiary/aromatic N) is 4. The molecule has 0 aliphatic carbocycles. The second kappa shape index (κ2) is 6.29. The number of hydrogen-bond donors (Lipinski definition) is 1. The van der Waals surface area contributed by atoms with Crippen LogP contribution in [0.25, 0.3) is 11.2 Å². The molecule has 0 amide bonds. The third-order valence-electron chi connectivity index (χ3n) is 4.08. The molecule has 1 unspecified atom stereocenters. The van der Waals surface area contributed by atoms with E-state index in [2.05, 4.69) is 34.6 Å². The predicted octanol–water partition coefficient (Wildman–Crippen LogP) is 3.37. The van der Waals surface area contributed by atoms with Crippen LogP contribution in [0.2, 0.25) is 0 Å². The molecule has 4 rings (SSSR count). The Balaban J connectivity index is 1.44. The Hall–Kier alpha value is -2.92. The lowest BCUT2D eigenvalue weighted by Crippen LogP contribution is -2.19. The summed E-state index contributed by atoms with van der Waals surface area (Å²) in [6.07, 6.45) is 3.96. The number of aromatic nitrogens is 4. The van der Waals surface area contributed by atoms with E-state index in [1.165, 1.54) is 0 Å². The highest BCUT2D eigenvalue weighted by Gasteiger charge is 2.10. The van der Waals surface area contributed by atoms with Gasteiger partial charge in [-0.05, 0) is 43.3 Å². The lowest BCUT2D eigenvalue weighted by atomic mass is 10.2. The molecule has 5 heteroatoms. The van der Waals surface area contributed by atoms with Crippen LogP contribution in [0.5, 0.6) is 0 Å². The smallest absolute Gasteiger partial charge is 0.0795 e. The monoisotopic (exact) mass is 317 g/mol. The number of pyridine rings is 1. The molecule has 0 aliphatic heterocycles. The van der Waals surface area contributed by atoms with Gasteiger partial charge in [0.1, 0.15) is 0 Å². The van der Waals surface area contributed by atoms with E-state index in [1.807, 2.05) is 70.1 Å². The zero-order valence-electron chi connectivity index (χ0n) is 13.5. The number of benzene rings is 1. The standard InChI is InChI=1S/C19H19N5/c1-15(19-10-12-24(22-19)17-7-3-2-4-8-17)20-14-16-13-18-9-5-6-11-23(18)21-16/h2-13,15,20H,14H2,1H3. The van der Waals surface area contributed by atoms with Crippen LogP contribution < -0.4 is 5.32 Å². The fourth-order valence-corrected chi connectivity index (χ4v) is 2.73. The second-order valence-corrected chi connectivity index (χ2v) is 5.83. The molecule has 120 valence electrons. The van der Waals surface area contributed by atoms with Crippen molar-refractivity contribution in [1.29, 1.82) is 0 Å². The van der Waals surface area contributed by atoms with Crippen LogP contribution in [0.1, 0.15) is 24.4 Å². The molecule has 1 aromatic carbocycles. The maximum Gasteiger partial charge on any atom is 0.0795 e. The Kier molecular flexibility index (Phi) is 3.84. The van der Waals surface area contributed by atoms with Crippen molar-refractivity contribution in [2.45, 2.75) is 19.5 Å². The van der Waals surface area contributed by atoms with Crippen molar-refractivity contribution in [2.75, 3.05) is 0 Å². The molecule has 24 heavy (non-hydrogen) atoms. The molecular formula is C19H19N5. The van der Waals surface area contributed by atoms with E-state index in [1.54, 1.807) is 0 Å². The molecule has 0 saturated carbocycles. The van der Waals surface area contributed by atoms with E-state index in [9.17, 15) is 0 Å². The number of nitrogens with one attached hydrogen (secondary N) is 1. The summed E-state index contributed by atoms with van der Waals surface area (Å²) in [6, 6.07) is 20.5. The van der Waals surface area contributed by atoms with E-state index in [0.717, 1.165) is 22.6 Å². The number of rotatable bonds is 5. The van der Waals surface area contributed by atoms with Crippen LogP contribution in [0.3, 0.4) is 0 Å². The summed E-state index contributed by atoms with van der Waals surface area (Å²) in [5.74, 6) is 0. The quantitative estimate of drug-likeness (QED) is 0.614. The predicted molar refractivity (Wildman–Crippen MR) is 94.0 cm³/mol. The van der Waals surface area contributed by atoms with Gasteiger partial charge in [0.25, 0.3) is 0 Å². The largest absolute Gasteiger partial charge is 0.303 e. The van der Waals surface area contributed by atoms with E-state index >= 15 is 0 Å². The van der Waals surface area contributed by atoms with Crippen molar-refractivity contribution in [3.05, 3.63) is 84.4 Å². The average Bonchev–Trinajstić information content (AvgIpc) is 3.27. The minimum Gasteiger partial charge on any atom is -0.303 e. The Morgan fingerprint density at radius 2 is 1.79 bits per heavy atom. The van der Waals surface area contributed by atoms with Crippen molar-refractivity contribution < 1.29 is 0 Å². The van der Waals surface area contributed by atoms with E-state index in [-0.39, 0.29) is 6.04 Å². The Morgan fingerprint density at radius 3 is 2.62 bits per heavy atom. The van der Waals surface area contributed by atoms with Crippen LogP contribution in [0.15, 0.2) is 73.1 Å². The first-order valence-electron chi connectivity index (χ1n) is 8.07. The molecule has 5 nitrogen and oxygen atoms in total. The molecule has 0 bridgehead atoms. The van der Waals surface area contributed by atoms with Gasteiger partial charge < -0.3 is 5.32 Å². The highest BCUT2D eigenvalue weighted by atomic mass is 15.3. The van der Waals surface area contributed by atoms with Gasteiger partial charge in [-0.2, -0.15) is 10.2 Å². The van der Waals surface area contributed by atoms with Crippen molar-refractivity contribution in [2.24, 2.45) is 0 Å². The lowest BCUT2D eigenvalue weighted by Gasteiger charge is -2.10. The third-order valence-corrected chi connectivity index (χ3v) is 4.08. The topological polar surface area (TPSA) is 47.1 Å². The fraction of sp³-hybridized carbons (Fsp3) is 0.158. The molecule has 1 atom stereocenters. The minimum absolute atomic E-state index is 0.153. The normalized spacial score (nSPS) is 12.5. The van der Waals surface area contributed by atoms with Gasteiger partial charge in [0.15, 0.2) is 0 Å². The fourth-order valence-electron chi connectivity index (χ4n) is 2.73. The lowest BCUT2D eigenvalue weighted by molar-refractivity contribution is 0.548. The van der Waals surface area contributed by atoms with Gasteiger partial charge in [0.2, 0.25) is 0 Å². The van der Waals surface area contributed by atoms with Gasteiger partial charge >= 0.3 is 0 Å². The Morgan fingerprint density at radius 1 is 0.958 bits per heavy atom. The van der Waals surface area contributed by atoms with Crippen LogP contribution in [-0.4, -0.2) is 19.4 Å². The highest BCUT2D eigenvalue weighted by molar-refractivity contribution is 5.46. The number of hydrogen-bond acceptors (Lipinski definition) is 3. The summed E-state index contributed by atoms with van der Waals surface area (Å²) in [4.78, 5) is 0. The average molecular weight is 317 g/mol. The van der Waals surface area contributed by atoms with Crippen molar-refractivity contribution in [1.82, 2.24) is 24.7 Å². The molecule has 3 aromatic heterocycles. The molecule has 0 fully saturated rings. The zero-order valence-corrected chi connectivity index (χ0v) is 13.5. The highest BCUT2D eigenvalue weighted by Crippen LogP contribution is 2.14. The molecular weight excluding hydrogens is 298 g/mol. The van der Waals surface area contributed by atoms with Crippen molar-refractivity contribution in [3.8, 4) is 5.69 Å². The van der Waals surface area contributed by atoms with Gasteiger partial charge in [-0.3, -0.25) is 0 Å². The summed E-state index contributed by atoms with van der Waals surface area (Å²) >= 11 is 0. The van der Waals surface area contributed by atoms with Crippen LogP contribution >= 0.6 is 0 Å². The van der Waals surface area contributed by atoms with Crippen LogP contribution in [0, 0.1) is 0 Å². The molecule has 4 aromatic rings. The van der Waals surface area contributed by atoms with Gasteiger partial charge in [-0.15, -0.1) is 0 Å². The van der Waals surface area contributed by atoms with Gasteiger partial charge in [0, 0.05) is 25.0 Å². The molecule has 3 heterocycles. The maximum atomic E-state index is 4.66. The first-order valence-corrected chi connectivity index (χ1v) is 8.07. The summed E-state index contributed by atoms with van der Waals surface area (Å²) in [7, 11) is 0. The van der Waals surface area contributed by atoms with Gasteiger partial charge in [-0.1, -0.05) is 24.3 Å². The van der Waals surface area contributed by atoms with Crippen LogP contribution in [0.4, 0.5) is 0 Å². The maximum absolute atomic E-state index is 4.66. The third kappa shape index (κ3) is 2.94.